The van der Waals surface area contributed by atoms with Crippen LogP contribution in [-0.4, -0.2) is 58.1 Å². The topological polar surface area (TPSA) is 89.0 Å². The molecule has 28 heavy (non-hydrogen) atoms. The van der Waals surface area contributed by atoms with Crippen LogP contribution in [0, 0.1) is 0 Å². The van der Waals surface area contributed by atoms with Crippen LogP contribution in [0.15, 0.2) is 10.7 Å². The van der Waals surface area contributed by atoms with E-state index in [-0.39, 0.29) is 5.91 Å². The zero-order valence-electron chi connectivity index (χ0n) is 15.2. The van der Waals surface area contributed by atoms with Crippen molar-refractivity contribution in [1.29, 1.82) is 0 Å². The number of ether oxygens (including phenoxy) is 1. The summed E-state index contributed by atoms with van der Waals surface area (Å²) >= 11 is 4.65. The molecule has 2 aromatic heterocycles. The lowest BCUT2D eigenvalue weighted by molar-refractivity contribution is -0.123. The molecule has 2 N–H and O–H groups in total. The van der Waals surface area contributed by atoms with Gasteiger partial charge in [0.2, 0.25) is 17.7 Å². The fraction of sp³-hybridized carbons (Fsp3) is 0.500. The molecule has 1 saturated carbocycles. The standard InChI is InChI=1S/C16H15B3BrN5O2S/c1-27-10-8(20)6-22-14(24-10)25-11-9(7-2-3-7)23-13(28-11)15(16(17,18)19)4-5-21-12(15)26/h6-7H,2-5H2,1H3,(H,21,26)(H,22,24,25)/t15-/m0/s1. The highest BCUT2D eigenvalue weighted by Crippen LogP contribution is 2.52. The highest BCUT2D eigenvalue weighted by Gasteiger charge is 2.53. The van der Waals surface area contributed by atoms with Crippen LogP contribution in [-0.2, 0) is 10.2 Å². The summed E-state index contributed by atoms with van der Waals surface area (Å²) in [6, 6.07) is 0. The van der Waals surface area contributed by atoms with E-state index < -0.39 is 10.5 Å². The van der Waals surface area contributed by atoms with Crippen molar-refractivity contribution in [2.75, 3.05) is 19.0 Å². The fourth-order valence-electron chi connectivity index (χ4n) is 3.32. The molecule has 12 heteroatoms. The van der Waals surface area contributed by atoms with Crippen molar-refractivity contribution >= 4 is 67.7 Å². The minimum atomic E-state index is -1.74. The van der Waals surface area contributed by atoms with Gasteiger partial charge in [0.25, 0.3) is 0 Å². The van der Waals surface area contributed by atoms with E-state index in [9.17, 15) is 4.79 Å². The van der Waals surface area contributed by atoms with Crippen LogP contribution in [0.2, 0.25) is 5.11 Å². The van der Waals surface area contributed by atoms with Crippen LogP contribution in [0.3, 0.4) is 0 Å². The summed E-state index contributed by atoms with van der Waals surface area (Å²) in [6.45, 7) is 0.445. The second kappa shape index (κ2) is 7.05. The molecule has 0 spiro atoms. The number of amides is 1. The van der Waals surface area contributed by atoms with Crippen LogP contribution in [0.1, 0.15) is 35.9 Å². The van der Waals surface area contributed by atoms with Gasteiger partial charge < -0.3 is 15.4 Å². The number of rotatable bonds is 6. The van der Waals surface area contributed by atoms with Gasteiger partial charge in [0.1, 0.15) is 10.0 Å². The van der Waals surface area contributed by atoms with Crippen LogP contribution >= 0.6 is 27.3 Å². The maximum atomic E-state index is 12.7. The smallest absolute Gasteiger partial charge is 0.232 e. The number of aromatic nitrogens is 3. The van der Waals surface area contributed by atoms with Gasteiger partial charge in [-0.1, -0.05) is 11.3 Å². The molecule has 2 aromatic rings. The zero-order chi connectivity index (χ0) is 20.1. The lowest BCUT2D eigenvalue weighted by Crippen LogP contribution is -2.47. The number of anilines is 2. The summed E-state index contributed by atoms with van der Waals surface area (Å²) < 4.78 is 5.87. The van der Waals surface area contributed by atoms with Crippen molar-refractivity contribution in [2.24, 2.45) is 0 Å². The first-order chi connectivity index (χ1) is 13.3. The fourth-order valence-corrected chi connectivity index (χ4v) is 5.02. The largest absolute Gasteiger partial charge is 0.480 e. The number of methoxy groups -OCH3 is 1. The van der Waals surface area contributed by atoms with E-state index in [0.717, 1.165) is 23.5 Å². The molecule has 1 atom stereocenters. The van der Waals surface area contributed by atoms with Gasteiger partial charge in [-0.2, -0.15) is 4.98 Å². The highest BCUT2D eigenvalue weighted by molar-refractivity contribution is 9.10. The van der Waals surface area contributed by atoms with E-state index in [1.165, 1.54) is 18.4 Å². The van der Waals surface area contributed by atoms with E-state index in [0.29, 0.717) is 40.2 Å². The average molecular weight is 454 g/mol. The second-order valence-corrected chi connectivity index (χ2v) is 8.88. The van der Waals surface area contributed by atoms with Crippen molar-refractivity contribution in [2.45, 2.75) is 35.7 Å². The third-order valence-corrected chi connectivity index (χ3v) is 6.72. The van der Waals surface area contributed by atoms with Crippen molar-refractivity contribution in [3.8, 4) is 5.88 Å². The van der Waals surface area contributed by atoms with Crippen molar-refractivity contribution in [3.05, 3.63) is 21.4 Å². The van der Waals surface area contributed by atoms with Gasteiger partial charge in [0.15, 0.2) is 0 Å². The quantitative estimate of drug-likeness (QED) is 0.647. The molecule has 1 saturated heterocycles. The van der Waals surface area contributed by atoms with E-state index in [2.05, 4.69) is 36.5 Å². The van der Waals surface area contributed by atoms with Crippen LogP contribution < -0.4 is 15.4 Å². The van der Waals surface area contributed by atoms with E-state index in [1.54, 1.807) is 6.20 Å². The van der Waals surface area contributed by atoms with Gasteiger partial charge in [-0.25, -0.2) is 9.97 Å². The summed E-state index contributed by atoms with van der Waals surface area (Å²) in [5.41, 5.74) is -0.423. The Hall–Kier alpha value is -1.55. The van der Waals surface area contributed by atoms with Gasteiger partial charge in [0, 0.05) is 12.5 Å². The Balaban J connectivity index is 1.75. The number of hydrogen-bond donors (Lipinski definition) is 2. The SMILES string of the molecule is [B]C([B])([B])[C@@]1(c2nc(C3CC3)c(Nc3ncc(Br)c(OC)n3)s2)CCNC1=O. The number of nitrogens with zero attached hydrogens (tertiary/aromatic N) is 3. The minimum Gasteiger partial charge on any atom is -0.480 e. The zero-order valence-corrected chi connectivity index (χ0v) is 17.6. The first-order valence-electron chi connectivity index (χ1n) is 8.76. The number of carbonyl (C=O) groups excluding carboxylic acids is 1. The van der Waals surface area contributed by atoms with Gasteiger partial charge in [-0.3, -0.25) is 4.79 Å². The molecule has 3 heterocycles. The third-order valence-electron chi connectivity index (χ3n) is 5.03. The molecular formula is C16H15B3BrN5O2S. The molecule has 1 amide bonds. The molecule has 0 aromatic carbocycles. The number of thiazole rings is 1. The van der Waals surface area contributed by atoms with Crippen LogP contribution in [0.4, 0.5) is 10.9 Å². The predicted octanol–water partition coefficient (Wildman–Crippen LogP) is 1.66. The number of carbonyl (C=O) groups is 1. The summed E-state index contributed by atoms with van der Waals surface area (Å²) in [5.74, 6) is 0.784. The Morgan fingerprint density at radius 2 is 2.14 bits per heavy atom. The molecule has 0 unspecified atom stereocenters. The second-order valence-electron chi connectivity index (χ2n) is 7.03. The summed E-state index contributed by atoms with van der Waals surface area (Å²) in [4.78, 5) is 26.0. The van der Waals surface area contributed by atoms with E-state index >= 15 is 0 Å². The van der Waals surface area contributed by atoms with Gasteiger partial charge in [-0.15, -0.1) is 5.11 Å². The summed E-state index contributed by atoms with van der Waals surface area (Å²) in [5, 5.41) is 5.51. The molecule has 7 nitrogen and oxygen atoms in total. The van der Waals surface area contributed by atoms with Crippen molar-refractivity contribution < 1.29 is 9.53 Å². The molecule has 6 radical (unpaired) electrons. The lowest BCUT2D eigenvalue weighted by Gasteiger charge is -2.39. The minimum absolute atomic E-state index is 0.302. The summed E-state index contributed by atoms with van der Waals surface area (Å²) in [6.07, 6.45) is 4.04. The first kappa shape index (κ1) is 19.8. The molecule has 1 aliphatic heterocycles. The Morgan fingerprint density at radius 3 is 2.71 bits per heavy atom. The number of nitrogens with one attached hydrogen (secondary N) is 2. The molecule has 4 rings (SSSR count). The number of halogens is 1. The lowest BCUT2D eigenvalue weighted by atomic mass is 9.32. The van der Waals surface area contributed by atoms with Crippen LogP contribution in [0.5, 0.6) is 5.88 Å². The van der Waals surface area contributed by atoms with Gasteiger partial charge in [-0.05, 0) is 35.2 Å². The molecular weight excluding hydrogens is 439 g/mol. The summed E-state index contributed by atoms with van der Waals surface area (Å²) in [7, 11) is 19.7. The third kappa shape index (κ3) is 3.24. The Kier molecular flexibility index (Phi) is 4.98. The molecule has 2 aliphatic rings. The normalized spacial score (nSPS) is 22.1. The number of hydrogen-bond acceptors (Lipinski definition) is 7. The van der Waals surface area contributed by atoms with Crippen molar-refractivity contribution in [1.82, 2.24) is 20.3 Å². The Bertz CT molecular complexity index is 933. The maximum absolute atomic E-state index is 12.7. The van der Waals surface area contributed by atoms with Gasteiger partial charge in [0.05, 0.1) is 52.4 Å². The maximum Gasteiger partial charge on any atom is 0.232 e. The Labute approximate surface area is 179 Å². The highest BCUT2D eigenvalue weighted by atomic mass is 79.9. The predicted molar refractivity (Wildman–Crippen MR) is 113 cm³/mol. The van der Waals surface area contributed by atoms with Crippen molar-refractivity contribution in [3.63, 3.8) is 0 Å². The molecule has 1 aliphatic carbocycles. The van der Waals surface area contributed by atoms with Gasteiger partial charge >= 0.3 is 0 Å². The molecule has 0 bridgehead atoms. The monoisotopic (exact) mass is 453 g/mol. The average Bonchev–Trinajstić information content (AvgIpc) is 3.27. The first-order valence-corrected chi connectivity index (χ1v) is 10.4. The van der Waals surface area contributed by atoms with E-state index in [4.69, 9.17) is 33.3 Å². The van der Waals surface area contributed by atoms with Crippen LogP contribution in [0.25, 0.3) is 0 Å². The molecule has 138 valence electrons. The molecule has 2 fully saturated rings. The Morgan fingerprint density at radius 1 is 1.39 bits per heavy atom. The van der Waals surface area contributed by atoms with E-state index in [1.807, 2.05) is 0 Å².